The number of hydrogen-bond acceptors (Lipinski definition) is 6. The lowest BCUT2D eigenvalue weighted by atomic mass is 10.2. The molecule has 5 rings (SSSR count). The summed E-state index contributed by atoms with van der Waals surface area (Å²) < 4.78 is 23.7. The maximum Gasteiger partial charge on any atom is 0.278 e. The van der Waals surface area contributed by atoms with Crippen molar-refractivity contribution >= 4 is 45.7 Å². The zero-order valence-corrected chi connectivity index (χ0v) is 21.1. The van der Waals surface area contributed by atoms with Crippen LogP contribution in [0.5, 0.6) is 5.75 Å². The number of thiazole rings is 1. The fourth-order valence-corrected chi connectivity index (χ4v) is 5.95. The molecular formula is C26H20FN3O2S3. The van der Waals surface area contributed by atoms with Gasteiger partial charge in [0.2, 0.25) is 0 Å². The number of thioether (sulfide) groups is 1. The van der Waals surface area contributed by atoms with Crippen LogP contribution in [-0.4, -0.2) is 20.7 Å². The molecule has 5 aromatic rings. The largest absolute Gasteiger partial charge is 0.494 e. The zero-order chi connectivity index (χ0) is 24.4. The van der Waals surface area contributed by atoms with Crippen LogP contribution in [0.25, 0.3) is 21.7 Å². The normalized spacial score (nSPS) is 11.1. The van der Waals surface area contributed by atoms with E-state index < -0.39 is 0 Å². The summed E-state index contributed by atoms with van der Waals surface area (Å²) in [5.41, 5.74) is 2.63. The monoisotopic (exact) mass is 521 g/mol. The van der Waals surface area contributed by atoms with Crippen LogP contribution in [-0.2, 0) is 5.75 Å². The fourth-order valence-electron chi connectivity index (χ4n) is 3.70. The van der Waals surface area contributed by atoms with E-state index in [2.05, 4.69) is 0 Å². The van der Waals surface area contributed by atoms with Gasteiger partial charge in [-0.1, -0.05) is 53.4 Å². The van der Waals surface area contributed by atoms with Gasteiger partial charge in [0.15, 0.2) is 14.8 Å². The van der Waals surface area contributed by atoms with Crippen molar-refractivity contribution in [2.75, 3.05) is 6.61 Å². The number of benzene rings is 3. The van der Waals surface area contributed by atoms with Crippen LogP contribution >= 0.6 is 35.3 Å². The van der Waals surface area contributed by atoms with E-state index in [4.69, 9.17) is 21.9 Å². The van der Waals surface area contributed by atoms with Crippen LogP contribution in [0.15, 0.2) is 88.8 Å². The number of aromatic nitrogens is 3. The highest BCUT2D eigenvalue weighted by Gasteiger charge is 2.19. The highest BCUT2D eigenvalue weighted by atomic mass is 32.2. The molecule has 0 amide bonds. The first-order valence-electron chi connectivity index (χ1n) is 10.9. The third-order valence-corrected chi connectivity index (χ3v) is 7.62. The molecule has 5 nitrogen and oxygen atoms in total. The first-order valence-corrected chi connectivity index (χ1v) is 13.1. The molecular weight excluding hydrogens is 502 g/mol. The summed E-state index contributed by atoms with van der Waals surface area (Å²) in [5.74, 6) is 0.915. The van der Waals surface area contributed by atoms with Gasteiger partial charge in [0.05, 0.1) is 12.3 Å². The minimum atomic E-state index is -0.297. The van der Waals surface area contributed by atoms with Gasteiger partial charge in [-0.25, -0.2) is 9.37 Å². The summed E-state index contributed by atoms with van der Waals surface area (Å²) in [7, 11) is 0. The average Bonchev–Trinajstić information content (AvgIpc) is 3.20. The summed E-state index contributed by atoms with van der Waals surface area (Å²) in [6.45, 7) is 2.51. The Morgan fingerprint density at radius 1 is 1.00 bits per heavy atom. The van der Waals surface area contributed by atoms with Gasteiger partial charge in [-0.05, 0) is 73.2 Å². The second-order valence-corrected chi connectivity index (χ2v) is 10.2. The van der Waals surface area contributed by atoms with E-state index in [9.17, 15) is 9.18 Å². The number of ether oxygens (including phenoxy) is 1. The molecule has 2 heterocycles. The van der Waals surface area contributed by atoms with Crippen LogP contribution < -0.4 is 10.3 Å². The predicted molar refractivity (Wildman–Crippen MR) is 143 cm³/mol. The van der Waals surface area contributed by atoms with Crippen molar-refractivity contribution in [2.45, 2.75) is 17.8 Å². The molecule has 0 atom stereocenters. The molecule has 35 heavy (non-hydrogen) atoms. The van der Waals surface area contributed by atoms with Crippen molar-refractivity contribution in [1.82, 2.24) is 14.1 Å². The maximum atomic E-state index is 13.7. The summed E-state index contributed by atoms with van der Waals surface area (Å²) >= 11 is 8.27. The molecule has 9 heteroatoms. The molecule has 0 saturated carbocycles. The second kappa shape index (κ2) is 10.2. The summed E-state index contributed by atoms with van der Waals surface area (Å²) in [6, 6.07) is 23.3. The van der Waals surface area contributed by atoms with E-state index in [0.29, 0.717) is 37.5 Å². The number of rotatable bonds is 7. The van der Waals surface area contributed by atoms with E-state index in [-0.39, 0.29) is 11.4 Å². The van der Waals surface area contributed by atoms with Crippen molar-refractivity contribution < 1.29 is 9.13 Å². The Kier molecular flexibility index (Phi) is 6.81. The van der Waals surface area contributed by atoms with Crippen LogP contribution in [0.2, 0.25) is 0 Å². The van der Waals surface area contributed by atoms with Crippen LogP contribution in [0.1, 0.15) is 12.5 Å². The topological polar surface area (TPSA) is 49.0 Å². The average molecular weight is 522 g/mol. The minimum Gasteiger partial charge on any atom is -0.494 e. The van der Waals surface area contributed by atoms with E-state index in [1.165, 1.54) is 35.2 Å². The van der Waals surface area contributed by atoms with Gasteiger partial charge in [0.1, 0.15) is 16.3 Å². The molecule has 0 fully saturated rings. The Balaban J connectivity index is 1.67. The molecule has 0 aliphatic rings. The van der Waals surface area contributed by atoms with E-state index >= 15 is 0 Å². The van der Waals surface area contributed by atoms with Gasteiger partial charge < -0.3 is 4.74 Å². The summed E-state index contributed by atoms with van der Waals surface area (Å²) in [4.78, 5) is 18.6. The minimum absolute atomic E-state index is 0.191. The molecule has 0 bridgehead atoms. The SMILES string of the molecule is CCOc1ccc(-n2c(=S)sc3c(=O)n(-c4ccccc4)c(SCc4cccc(F)c4)nc32)cc1. The first kappa shape index (κ1) is 23.5. The number of nitrogens with zero attached hydrogens (tertiary/aromatic N) is 3. The third kappa shape index (κ3) is 4.80. The van der Waals surface area contributed by atoms with Crippen LogP contribution in [0.3, 0.4) is 0 Å². The van der Waals surface area contributed by atoms with Gasteiger partial charge in [-0.2, -0.15) is 0 Å². The number of halogens is 1. The number of fused-ring (bicyclic) bond motifs is 1. The van der Waals surface area contributed by atoms with Gasteiger partial charge in [0.25, 0.3) is 5.56 Å². The summed E-state index contributed by atoms with van der Waals surface area (Å²) in [6.07, 6.45) is 0. The summed E-state index contributed by atoms with van der Waals surface area (Å²) in [5, 5.41) is 0.505. The lowest BCUT2D eigenvalue weighted by molar-refractivity contribution is 0.340. The Morgan fingerprint density at radius 3 is 2.46 bits per heavy atom. The molecule has 176 valence electrons. The van der Waals surface area contributed by atoms with Gasteiger partial charge >= 0.3 is 0 Å². The molecule has 0 aliphatic heterocycles. The van der Waals surface area contributed by atoms with Gasteiger partial charge in [0, 0.05) is 11.4 Å². The maximum absolute atomic E-state index is 13.7. The van der Waals surface area contributed by atoms with Crippen molar-refractivity contribution in [2.24, 2.45) is 0 Å². The molecule has 0 N–H and O–H groups in total. The molecule has 0 aliphatic carbocycles. The molecule has 0 spiro atoms. The second-order valence-electron chi connectivity index (χ2n) is 7.57. The lowest BCUT2D eigenvalue weighted by Gasteiger charge is -2.13. The van der Waals surface area contributed by atoms with Gasteiger partial charge in [-0.15, -0.1) is 0 Å². The van der Waals surface area contributed by atoms with E-state index in [1.54, 1.807) is 10.6 Å². The van der Waals surface area contributed by atoms with Crippen molar-refractivity contribution in [3.8, 4) is 17.1 Å². The molecule has 2 aromatic heterocycles. The van der Waals surface area contributed by atoms with Crippen LogP contribution in [0, 0.1) is 9.77 Å². The first-order chi connectivity index (χ1) is 17.0. The van der Waals surface area contributed by atoms with Crippen molar-refractivity contribution in [3.63, 3.8) is 0 Å². The number of para-hydroxylation sites is 1. The molecule has 3 aromatic carbocycles. The van der Waals surface area contributed by atoms with Gasteiger partial charge in [-0.3, -0.25) is 13.9 Å². The lowest BCUT2D eigenvalue weighted by Crippen LogP contribution is -2.21. The molecule has 0 saturated heterocycles. The van der Waals surface area contributed by atoms with Crippen LogP contribution in [0.4, 0.5) is 4.39 Å². The number of hydrogen-bond donors (Lipinski definition) is 0. The molecule has 0 unspecified atom stereocenters. The van der Waals surface area contributed by atoms with E-state index in [0.717, 1.165) is 17.0 Å². The van der Waals surface area contributed by atoms with E-state index in [1.807, 2.05) is 72.2 Å². The Morgan fingerprint density at radius 2 is 1.74 bits per heavy atom. The Bertz CT molecular complexity index is 1610. The van der Waals surface area contributed by atoms with Crippen molar-refractivity contribution in [1.29, 1.82) is 0 Å². The quantitative estimate of drug-likeness (QED) is 0.134. The van der Waals surface area contributed by atoms with Crippen molar-refractivity contribution in [3.05, 3.63) is 105 Å². The molecule has 0 radical (unpaired) electrons. The zero-order valence-electron chi connectivity index (χ0n) is 18.7. The Hall–Kier alpha value is -3.27. The highest BCUT2D eigenvalue weighted by molar-refractivity contribution is 7.98. The fraction of sp³-hybridized carbons (Fsp3) is 0.115. The highest BCUT2D eigenvalue weighted by Crippen LogP contribution is 2.29. The third-order valence-electron chi connectivity index (χ3n) is 5.25. The standard InChI is InChI=1S/C26H20FN3O2S3/c1-2-32-21-13-11-20(12-14-21)29-23-22(35-26(29)33)24(31)30(19-9-4-3-5-10-19)25(28-23)34-16-17-7-6-8-18(27)15-17/h3-15H,2,16H2,1H3. The smallest absolute Gasteiger partial charge is 0.278 e. The predicted octanol–water partition coefficient (Wildman–Crippen LogP) is 6.80. The Labute approximate surface area is 214 Å².